The van der Waals surface area contributed by atoms with E-state index in [1.54, 1.807) is 0 Å². The van der Waals surface area contributed by atoms with Gasteiger partial charge in [0.1, 0.15) is 13.2 Å². The highest BCUT2D eigenvalue weighted by Crippen LogP contribution is 2.17. The van der Waals surface area contributed by atoms with Crippen molar-refractivity contribution in [2.75, 3.05) is 13.2 Å². The third-order valence-electron chi connectivity index (χ3n) is 13.6. The van der Waals surface area contributed by atoms with Gasteiger partial charge in [-0.15, -0.1) is 0 Å². The normalized spacial score (nSPS) is 12.3. The molecule has 6 nitrogen and oxygen atoms in total. The highest BCUT2D eigenvalue weighted by atomic mass is 16.6. The van der Waals surface area contributed by atoms with Gasteiger partial charge in [0.25, 0.3) is 0 Å². The Morgan fingerprint density at radius 3 is 0.900 bits per heavy atom. The van der Waals surface area contributed by atoms with Gasteiger partial charge in [-0.3, -0.25) is 14.4 Å². The summed E-state index contributed by atoms with van der Waals surface area (Å²) in [6, 6.07) is 0. The summed E-state index contributed by atoms with van der Waals surface area (Å²) in [7, 11) is 0. The molecule has 0 aliphatic rings. The van der Waals surface area contributed by atoms with Gasteiger partial charge in [-0.05, 0) is 77.0 Å². The first kappa shape index (κ1) is 67.4. The lowest BCUT2D eigenvalue weighted by Crippen LogP contribution is -2.30. The molecule has 0 aromatic heterocycles. The van der Waals surface area contributed by atoms with Crippen LogP contribution in [0.3, 0.4) is 0 Å². The summed E-state index contributed by atoms with van der Waals surface area (Å²) >= 11 is 0. The van der Waals surface area contributed by atoms with Gasteiger partial charge in [0.15, 0.2) is 6.10 Å². The van der Waals surface area contributed by atoms with E-state index in [2.05, 4.69) is 69.4 Å². The van der Waals surface area contributed by atoms with Crippen LogP contribution in [0.15, 0.2) is 48.6 Å². The maximum Gasteiger partial charge on any atom is 0.306 e. The van der Waals surface area contributed by atoms with Crippen LogP contribution in [0.25, 0.3) is 0 Å². The molecule has 6 heteroatoms. The minimum absolute atomic E-state index is 0.0774. The Morgan fingerprint density at radius 2 is 0.557 bits per heavy atom. The van der Waals surface area contributed by atoms with Crippen LogP contribution in [0.2, 0.25) is 0 Å². The van der Waals surface area contributed by atoms with Crippen molar-refractivity contribution in [1.82, 2.24) is 0 Å². The fraction of sp³-hybridized carbons (Fsp3) is 0.828. The van der Waals surface area contributed by atoms with Crippen LogP contribution in [-0.4, -0.2) is 37.2 Å². The molecule has 0 aromatic rings. The summed E-state index contributed by atoms with van der Waals surface area (Å²) in [4.78, 5) is 38.2. The molecule has 0 rings (SSSR count). The van der Waals surface area contributed by atoms with Gasteiger partial charge in [0.2, 0.25) is 0 Å². The SMILES string of the molecule is CC/C=C\C/C=C\C/C=C\CCCCCCCCCCCC(=O)OCC(COC(=O)CCCCC/C=C\CCCCCCCCC)OC(=O)CCCCCCCCCCCCCCCCCCCCC. The molecule has 0 fully saturated rings. The van der Waals surface area contributed by atoms with Crippen molar-refractivity contribution >= 4 is 17.9 Å². The molecular weight excluding hydrogens is 865 g/mol. The third kappa shape index (κ3) is 56.3. The Hall–Kier alpha value is -2.63. The number of ether oxygens (including phenoxy) is 3. The van der Waals surface area contributed by atoms with Crippen molar-refractivity contribution in [3.63, 3.8) is 0 Å². The van der Waals surface area contributed by atoms with Gasteiger partial charge in [0.05, 0.1) is 0 Å². The standard InChI is InChI=1S/C64H116O6/c1-4-7-10-13-16-19-22-25-28-30-32-34-36-39-42-45-48-51-54-57-63(66)69-60-61(59-68-62(65)56-53-50-47-44-41-38-27-24-21-18-15-12-9-6-3)70-64(67)58-55-52-49-46-43-40-37-35-33-31-29-26-23-20-17-14-11-8-5-2/h7,10,16,19,25,28,38,41,61H,4-6,8-9,11-15,17-18,20-24,26-27,29-37,39-40,42-60H2,1-3H3/b10-7-,19-16-,28-25-,41-38-. The summed E-state index contributed by atoms with van der Waals surface area (Å²) in [5.41, 5.74) is 0. The molecule has 0 saturated heterocycles. The summed E-state index contributed by atoms with van der Waals surface area (Å²) in [6.07, 6.45) is 72.5. The number of hydrogen-bond acceptors (Lipinski definition) is 6. The van der Waals surface area contributed by atoms with E-state index in [1.165, 1.54) is 193 Å². The minimum atomic E-state index is -0.779. The second kappa shape index (κ2) is 58.9. The fourth-order valence-electron chi connectivity index (χ4n) is 8.98. The molecule has 0 aromatic carbocycles. The molecule has 0 spiro atoms. The zero-order valence-corrected chi connectivity index (χ0v) is 46.8. The average Bonchev–Trinajstić information content (AvgIpc) is 3.36. The van der Waals surface area contributed by atoms with E-state index in [0.29, 0.717) is 19.3 Å². The van der Waals surface area contributed by atoms with E-state index in [9.17, 15) is 14.4 Å². The monoisotopic (exact) mass is 981 g/mol. The van der Waals surface area contributed by atoms with Crippen LogP contribution in [0.4, 0.5) is 0 Å². The van der Waals surface area contributed by atoms with Gasteiger partial charge in [-0.2, -0.15) is 0 Å². The highest BCUT2D eigenvalue weighted by molar-refractivity contribution is 5.71. The first-order chi connectivity index (χ1) is 34.5. The fourth-order valence-corrected chi connectivity index (χ4v) is 8.98. The molecule has 70 heavy (non-hydrogen) atoms. The molecule has 0 bridgehead atoms. The molecule has 1 unspecified atom stereocenters. The van der Waals surface area contributed by atoms with Crippen molar-refractivity contribution in [3.05, 3.63) is 48.6 Å². The van der Waals surface area contributed by atoms with Crippen molar-refractivity contribution < 1.29 is 28.6 Å². The van der Waals surface area contributed by atoms with E-state index in [-0.39, 0.29) is 31.1 Å². The third-order valence-corrected chi connectivity index (χ3v) is 13.6. The van der Waals surface area contributed by atoms with Gasteiger partial charge in [0, 0.05) is 19.3 Å². The second-order valence-electron chi connectivity index (χ2n) is 20.6. The van der Waals surface area contributed by atoms with Crippen LogP contribution in [0.5, 0.6) is 0 Å². The average molecular weight is 982 g/mol. The zero-order chi connectivity index (χ0) is 50.7. The van der Waals surface area contributed by atoms with Gasteiger partial charge in [-0.25, -0.2) is 0 Å². The number of carbonyl (C=O) groups excluding carboxylic acids is 3. The number of rotatable bonds is 56. The lowest BCUT2D eigenvalue weighted by atomic mass is 10.0. The summed E-state index contributed by atoms with van der Waals surface area (Å²) < 4.78 is 16.9. The quantitative estimate of drug-likeness (QED) is 0.0261. The molecule has 0 N–H and O–H groups in total. The van der Waals surface area contributed by atoms with Gasteiger partial charge < -0.3 is 14.2 Å². The van der Waals surface area contributed by atoms with E-state index in [1.807, 2.05) is 0 Å². The highest BCUT2D eigenvalue weighted by Gasteiger charge is 2.19. The summed E-state index contributed by atoms with van der Waals surface area (Å²) in [6.45, 7) is 6.56. The van der Waals surface area contributed by atoms with E-state index in [0.717, 1.165) is 89.9 Å². The molecule has 0 aliphatic carbocycles. The Bertz CT molecular complexity index is 1220. The predicted octanol–water partition coefficient (Wildman–Crippen LogP) is 20.6. The summed E-state index contributed by atoms with van der Waals surface area (Å²) in [5, 5.41) is 0. The smallest absolute Gasteiger partial charge is 0.306 e. The maximum absolute atomic E-state index is 12.9. The number of allylic oxidation sites excluding steroid dienone is 8. The van der Waals surface area contributed by atoms with Crippen LogP contribution in [-0.2, 0) is 28.6 Å². The van der Waals surface area contributed by atoms with Crippen LogP contribution in [0, 0.1) is 0 Å². The van der Waals surface area contributed by atoms with Crippen molar-refractivity contribution in [2.24, 2.45) is 0 Å². The van der Waals surface area contributed by atoms with Crippen molar-refractivity contribution in [1.29, 1.82) is 0 Å². The second-order valence-corrected chi connectivity index (χ2v) is 20.6. The topological polar surface area (TPSA) is 78.9 Å². The lowest BCUT2D eigenvalue weighted by Gasteiger charge is -2.18. The molecule has 0 amide bonds. The molecule has 1 atom stereocenters. The molecule has 0 aliphatic heterocycles. The van der Waals surface area contributed by atoms with E-state index < -0.39 is 6.10 Å². The Morgan fingerprint density at radius 1 is 0.300 bits per heavy atom. The minimum Gasteiger partial charge on any atom is -0.462 e. The van der Waals surface area contributed by atoms with Crippen LogP contribution in [0.1, 0.15) is 323 Å². The lowest BCUT2D eigenvalue weighted by molar-refractivity contribution is -0.167. The Balaban J connectivity index is 4.34. The van der Waals surface area contributed by atoms with E-state index in [4.69, 9.17) is 14.2 Å². The molecule has 408 valence electrons. The Kier molecular flexibility index (Phi) is 56.7. The maximum atomic E-state index is 12.9. The number of hydrogen-bond donors (Lipinski definition) is 0. The number of carbonyl (C=O) groups is 3. The van der Waals surface area contributed by atoms with Gasteiger partial charge in [-0.1, -0.05) is 275 Å². The van der Waals surface area contributed by atoms with Crippen LogP contribution >= 0.6 is 0 Å². The number of esters is 3. The number of unbranched alkanes of at least 4 members (excludes halogenated alkanes) is 37. The molecule has 0 saturated carbocycles. The molecule has 0 heterocycles. The van der Waals surface area contributed by atoms with Gasteiger partial charge >= 0.3 is 17.9 Å². The largest absolute Gasteiger partial charge is 0.462 e. The zero-order valence-electron chi connectivity index (χ0n) is 46.8. The van der Waals surface area contributed by atoms with E-state index >= 15 is 0 Å². The molecular formula is C64H116O6. The van der Waals surface area contributed by atoms with Crippen molar-refractivity contribution in [2.45, 2.75) is 329 Å². The molecule has 0 radical (unpaired) electrons. The first-order valence-corrected chi connectivity index (χ1v) is 30.6. The predicted molar refractivity (Wildman–Crippen MR) is 302 cm³/mol. The first-order valence-electron chi connectivity index (χ1n) is 30.6. The Labute approximate surface area is 435 Å². The van der Waals surface area contributed by atoms with Crippen molar-refractivity contribution in [3.8, 4) is 0 Å². The summed E-state index contributed by atoms with van der Waals surface area (Å²) in [5.74, 6) is -0.879. The van der Waals surface area contributed by atoms with Crippen LogP contribution < -0.4 is 0 Å².